The van der Waals surface area contributed by atoms with Gasteiger partial charge in [0.25, 0.3) is 8.32 Å². The summed E-state index contributed by atoms with van der Waals surface area (Å²) < 4.78 is 17.2. The van der Waals surface area contributed by atoms with E-state index in [2.05, 4.69) is 0 Å². The monoisotopic (exact) mass is 507 g/mol. The Morgan fingerprint density at radius 3 is 1.75 bits per heavy atom. The van der Waals surface area contributed by atoms with Crippen LogP contribution in [-0.4, -0.2) is 50.3 Å². The van der Waals surface area contributed by atoms with Gasteiger partial charge in [0.05, 0.1) is 13.7 Å². The molecule has 0 aromatic heterocycles. The molecule has 3 aromatic carbocycles. The molecule has 8 heteroatoms. The van der Waals surface area contributed by atoms with Crippen LogP contribution in [0.4, 0.5) is 4.79 Å². The lowest BCUT2D eigenvalue weighted by Crippen LogP contribution is -2.70. The SMILES string of the molecule is COC(=O)[C@H](CO)N(O[Si](c1ccccc1)(c1ccccc1)C(C)(C)C)C(=O)OCc1ccccc1. The third-order valence-corrected chi connectivity index (χ3v) is 10.8. The molecule has 0 bridgehead atoms. The van der Waals surface area contributed by atoms with Crippen LogP contribution in [0.25, 0.3) is 0 Å². The second-order valence-corrected chi connectivity index (χ2v) is 13.5. The van der Waals surface area contributed by atoms with Crippen molar-refractivity contribution >= 4 is 30.8 Å². The van der Waals surface area contributed by atoms with Crippen molar-refractivity contribution in [2.24, 2.45) is 0 Å². The van der Waals surface area contributed by atoms with Crippen LogP contribution in [0.3, 0.4) is 0 Å². The first kappa shape index (κ1) is 27.1. The van der Waals surface area contributed by atoms with E-state index in [-0.39, 0.29) is 6.61 Å². The van der Waals surface area contributed by atoms with Crippen molar-refractivity contribution in [1.82, 2.24) is 5.06 Å². The highest BCUT2D eigenvalue weighted by Crippen LogP contribution is 2.38. The molecule has 7 nitrogen and oxygen atoms in total. The molecule has 1 N–H and O–H groups in total. The zero-order valence-corrected chi connectivity index (χ0v) is 22.1. The predicted molar refractivity (Wildman–Crippen MR) is 140 cm³/mol. The Morgan fingerprint density at radius 2 is 1.33 bits per heavy atom. The zero-order chi connectivity index (χ0) is 26.2. The van der Waals surface area contributed by atoms with Crippen LogP contribution in [0.15, 0.2) is 91.0 Å². The maximum absolute atomic E-state index is 13.5. The molecule has 1 amide bonds. The normalized spacial score (nSPS) is 12.5. The van der Waals surface area contributed by atoms with Gasteiger partial charge in [-0.3, -0.25) is 0 Å². The van der Waals surface area contributed by atoms with Crippen molar-refractivity contribution in [3.63, 3.8) is 0 Å². The molecule has 0 saturated heterocycles. The minimum atomic E-state index is -3.31. The van der Waals surface area contributed by atoms with E-state index in [1.807, 2.05) is 112 Å². The van der Waals surface area contributed by atoms with Gasteiger partial charge in [-0.05, 0) is 21.0 Å². The van der Waals surface area contributed by atoms with E-state index in [1.54, 1.807) is 0 Å². The fourth-order valence-electron chi connectivity index (χ4n) is 4.16. The summed E-state index contributed by atoms with van der Waals surface area (Å²) in [4.78, 5) is 26.2. The van der Waals surface area contributed by atoms with Crippen molar-refractivity contribution in [3.05, 3.63) is 96.6 Å². The molecule has 0 aliphatic rings. The van der Waals surface area contributed by atoms with Crippen molar-refractivity contribution in [2.75, 3.05) is 13.7 Å². The highest BCUT2D eigenvalue weighted by Gasteiger charge is 2.54. The van der Waals surface area contributed by atoms with Gasteiger partial charge < -0.3 is 19.1 Å². The van der Waals surface area contributed by atoms with E-state index in [9.17, 15) is 14.7 Å². The fourth-order valence-corrected chi connectivity index (χ4v) is 8.53. The lowest BCUT2D eigenvalue weighted by molar-refractivity contribution is -0.164. The molecule has 0 unspecified atom stereocenters. The Hall–Kier alpha value is -3.46. The van der Waals surface area contributed by atoms with E-state index in [0.717, 1.165) is 21.0 Å². The maximum Gasteiger partial charge on any atom is 0.434 e. The van der Waals surface area contributed by atoms with Crippen LogP contribution in [0, 0.1) is 0 Å². The lowest BCUT2D eigenvalue weighted by atomic mass is 10.2. The molecule has 0 aliphatic heterocycles. The molecule has 0 aliphatic carbocycles. The summed E-state index contributed by atoms with van der Waals surface area (Å²) in [7, 11) is -2.12. The minimum absolute atomic E-state index is 0.0282. The van der Waals surface area contributed by atoms with Crippen LogP contribution in [0.5, 0.6) is 0 Å². The van der Waals surface area contributed by atoms with Crippen LogP contribution in [-0.2, 0) is 25.4 Å². The highest BCUT2D eigenvalue weighted by molar-refractivity contribution is 6.99. The number of methoxy groups -OCH3 is 1. The van der Waals surface area contributed by atoms with Crippen molar-refractivity contribution < 1.29 is 28.7 Å². The lowest BCUT2D eigenvalue weighted by Gasteiger charge is -2.45. The number of carbonyl (C=O) groups excluding carboxylic acids is 2. The van der Waals surface area contributed by atoms with Gasteiger partial charge in [-0.15, -0.1) is 0 Å². The first-order valence-electron chi connectivity index (χ1n) is 11.7. The first-order valence-corrected chi connectivity index (χ1v) is 13.6. The number of esters is 1. The van der Waals surface area contributed by atoms with Gasteiger partial charge in [0.15, 0.2) is 6.04 Å². The second-order valence-electron chi connectivity index (χ2n) is 9.34. The van der Waals surface area contributed by atoms with E-state index < -0.39 is 38.1 Å². The maximum atomic E-state index is 13.5. The average Bonchev–Trinajstić information content (AvgIpc) is 2.90. The number of hydroxylamine groups is 2. The molecule has 3 aromatic rings. The van der Waals surface area contributed by atoms with Crippen molar-refractivity contribution in [3.8, 4) is 0 Å². The van der Waals surface area contributed by atoms with Gasteiger partial charge in [0.1, 0.15) is 6.61 Å². The first-order chi connectivity index (χ1) is 17.2. The third kappa shape index (κ3) is 5.84. The molecule has 36 heavy (non-hydrogen) atoms. The standard InChI is InChI=1S/C28H33NO6Si/c1-28(2,3)36(23-16-10-6-11-17-23,24-18-12-7-13-19-24)35-29(25(20-30)26(31)33-4)27(32)34-21-22-14-8-5-9-15-22/h5-19,25,30H,20-21H2,1-4H3/t25-/m0/s1. The van der Waals surface area contributed by atoms with Crippen LogP contribution in [0.1, 0.15) is 26.3 Å². The Kier molecular flexibility index (Phi) is 9.03. The summed E-state index contributed by atoms with van der Waals surface area (Å²) in [6, 6.07) is 27.1. The number of aliphatic hydroxyl groups excluding tert-OH is 1. The summed E-state index contributed by atoms with van der Waals surface area (Å²) in [5.41, 5.74) is 0.773. The van der Waals surface area contributed by atoms with Crippen LogP contribution < -0.4 is 10.4 Å². The van der Waals surface area contributed by atoms with Gasteiger partial charge >= 0.3 is 12.1 Å². The van der Waals surface area contributed by atoms with E-state index in [4.69, 9.17) is 14.0 Å². The van der Waals surface area contributed by atoms with Gasteiger partial charge in [-0.1, -0.05) is 112 Å². The Bertz CT molecular complexity index is 1080. The average molecular weight is 508 g/mol. The fraction of sp³-hybridized carbons (Fsp3) is 0.286. The quantitative estimate of drug-likeness (QED) is 0.270. The molecule has 0 spiro atoms. The largest absolute Gasteiger partial charge is 0.467 e. The van der Waals surface area contributed by atoms with E-state index in [0.29, 0.717) is 0 Å². The van der Waals surface area contributed by atoms with Gasteiger partial charge in [-0.25, -0.2) is 9.59 Å². The number of ether oxygens (including phenoxy) is 2. The number of hydrogen-bond donors (Lipinski definition) is 1. The van der Waals surface area contributed by atoms with Crippen LogP contribution >= 0.6 is 0 Å². The van der Waals surface area contributed by atoms with Gasteiger partial charge in [0.2, 0.25) is 0 Å². The Labute approximate surface area is 213 Å². The molecule has 0 fully saturated rings. The Balaban J connectivity index is 2.14. The number of rotatable bonds is 9. The molecule has 1 atom stereocenters. The molecule has 0 saturated carbocycles. The molecular formula is C28H33NO6Si. The number of carbonyl (C=O) groups is 2. The van der Waals surface area contributed by atoms with Crippen LogP contribution in [0.2, 0.25) is 5.04 Å². The zero-order valence-electron chi connectivity index (χ0n) is 21.1. The summed E-state index contributed by atoms with van der Waals surface area (Å²) in [6.45, 7) is 5.39. The Morgan fingerprint density at radius 1 is 0.861 bits per heavy atom. The van der Waals surface area contributed by atoms with Crippen molar-refractivity contribution in [2.45, 2.75) is 38.5 Å². The molecule has 3 rings (SSSR count). The third-order valence-electron chi connectivity index (χ3n) is 5.97. The number of nitrogens with zero attached hydrogens (tertiary/aromatic N) is 1. The van der Waals surface area contributed by atoms with E-state index >= 15 is 0 Å². The number of aliphatic hydroxyl groups is 1. The smallest absolute Gasteiger partial charge is 0.434 e. The molecule has 0 heterocycles. The summed E-state index contributed by atoms with van der Waals surface area (Å²) in [5.74, 6) is -0.813. The molecule has 190 valence electrons. The van der Waals surface area contributed by atoms with Gasteiger partial charge in [0, 0.05) is 0 Å². The summed E-state index contributed by atoms with van der Waals surface area (Å²) in [5, 5.41) is 12.3. The topological polar surface area (TPSA) is 85.3 Å². The number of benzene rings is 3. The van der Waals surface area contributed by atoms with E-state index in [1.165, 1.54) is 7.11 Å². The molecular weight excluding hydrogens is 474 g/mol. The second kappa shape index (κ2) is 12.0. The number of hydrogen-bond acceptors (Lipinski definition) is 6. The predicted octanol–water partition coefficient (Wildman–Crippen LogP) is 3.65. The van der Waals surface area contributed by atoms with Crippen molar-refractivity contribution in [1.29, 1.82) is 0 Å². The summed E-state index contributed by atoms with van der Waals surface area (Å²) in [6.07, 6.45) is -0.892. The molecule has 0 radical (unpaired) electrons. The van der Waals surface area contributed by atoms with Gasteiger partial charge in [-0.2, -0.15) is 5.06 Å². The number of amides is 1. The minimum Gasteiger partial charge on any atom is -0.467 e. The highest BCUT2D eigenvalue weighted by atomic mass is 28.4. The summed E-state index contributed by atoms with van der Waals surface area (Å²) >= 11 is 0.